The van der Waals surface area contributed by atoms with Crippen LogP contribution in [0.15, 0.2) is 29.4 Å². The van der Waals surface area contributed by atoms with E-state index in [1.807, 2.05) is 0 Å². The third-order valence-corrected chi connectivity index (χ3v) is 2.38. The molecule has 0 spiro atoms. The molecule has 0 fully saturated rings. The van der Waals surface area contributed by atoms with Crippen LogP contribution in [0.5, 0.6) is 0 Å². The van der Waals surface area contributed by atoms with Gasteiger partial charge >= 0.3 is 0 Å². The number of halogens is 1. The number of nitrogens with two attached hydrogens (primary N) is 2. The Bertz CT molecular complexity index is 586. The molecule has 5 N–H and O–H groups in total. The maximum atomic E-state index is 10.7. The van der Waals surface area contributed by atoms with Gasteiger partial charge in [-0.2, -0.15) is 9.97 Å². The summed E-state index contributed by atoms with van der Waals surface area (Å²) in [6, 6.07) is 6.80. The lowest BCUT2D eigenvalue weighted by atomic mass is 10.3. The van der Waals surface area contributed by atoms with Crippen LogP contribution in [-0.4, -0.2) is 9.97 Å². The number of hydrogen-bond acceptors (Lipinski definition) is 7. The molecular weight excluding hydrogens is 256 g/mol. The van der Waals surface area contributed by atoms with E-state index in [1.165, 1.54) is 0 Å². The summed E-state index contributed by atoms with van der Waals surface area (Å²) in [4.78, 5) is 18.2. The van der Waals surface area contributed by atoms with Crippen LogP contribution in [0.4, 0.5) is 29.0 Å². The summed E-state index contributed by atoms with van der Waals surface area (Å²) in [6.45, 7) is 0. The van der Waals surface area contributed by atoms with Gasteiger partial charge in [0.05, 0.1) is 0 Å². The molecule has 0 amide bonds. The van der Waals surface area contributed by atoms with Crippen LogP contribution < -0.4 is 16.8 Å². The highest BCUT2D eigenvalue weighted by molar-refractivity contribution is 6.30. The van der Waals surface area contributed by atoms with E-state index >= 15 is 0 Å². The maximum Gasteiger partial charge on any atom is 0.224 e. The molecule has 1 aromatic carbocycles. The number of nitrogen functional groups attached to an aromatic ring is 2. The maximum absolute atomic E-state index is 10.7. The number of anilines is 4. The van der Waals surface area contributed by atoms with Crippen molar-refractivity contribution in [2.75, 3.05) is 16.8 Å². The SMILES string of the molecule is Nc1nc(N)c(N=O)c(Nc2ccc(Cl)cc2)n1. The zero-order chi connectivity index (χ0) is 13.1. The molecule has 0 saturated carbocycles. The van der Waals surface area contributed by atoms with Gasteiger partial charge in [0.2, 0.25) is 5.95 Å². The van der Waals surface area contributed by atoms with Crippen LogP contribution >= 0.6 is 11.6 Å². The molecule has 1 aromatic heterocycles. The van der Waals surface area contributed by atoms with E-state index in [2.05, 4.69) is 20.5 Å². The first-order chi connectivity index (χ1) is 8.60. The fraction of sp³-hybridized carbons (Fsp3) is 0. The van der Waals surface area contributed by atoms with Crippen molar-refractivity contribution >= 4 is 40.6 Å². The zero-order valence-corrected chi connectivity index (χ0v) is 9.85. The molecule has 1 heterocycles. The highest BCUT2D eigenvalue weighted by atomic mass is 35.5. The number of nitroso groups, excluding NO2 is 1. The van der Waals surface area contributed by atoms with Gasteiger partial charge in [-0.1, -0.05) is 11.6 Å². The number of rotatable bonds is 3. The Morgan fingerprint density at radius 2 is 1.83 bits per heavy atom. The molecule has 2 rings (SSSR count). The van der Waals surface area contributed by atoms with Gasteiger partial charge in [0.15, 0.2) is 17.3 Å². The second-order valence-electron chi connectivity index (χ2n) is 3.39. The van der Waals surface area contributed by atoms with E-state index in [1.54, 1.807) is 24.3 Å². The van der Waals surface area contributed by atoms with Crippen molar-refractivity contribution in [1.82, 2.24) is 9.97 Å². The first-order valence-electron chi connectivity index (χ1n) is 4.89. The molecule has 0 atom stereocenters. The van der Waals surface area contributed by atoms with E-state index in [0.717, 1.165) is 0 Å². The number of benzene rings is 1. The largest absolute Gasteiger partial charge is 0.382 e. The second kappa shape index (κ2) is 4.84. The van der Waals surface area contributed by atoms with Gasteiger partial charge < -0.3 is 16.8 Å². The summed E-state index contributed by atoms with van der Waals surface area (Å²) in [5.41, 5.74) is 11.6. The van der Waals surface area contributed by atoms with E-state index in [0.29, 0.717) is 10.7 Å². The zero-order valence-electron chi connectivity index (χ0n) is 9.09. The summed E-state index contributed by atoms with van der Waals surface area (Å²) >= 11 is 5.76. The monoisotopic (exact) mass is 264 g/mol. The van der Waals surface area contributed by atoms with Gasteiger partial charge in [0.1, 0.15) is 0 Å². The summed E-state index contributed by atoms with van der Waals surface area (Å²) in [6.07, 6.45) is 0. The number of nitrogens with zero attached hydrogens (tertiary/aromatic N) is 3. The van der Waals surface area contributed by atoms with Gasteiger partial charge in [-0.3, -0.25) is 0 Å². The quantitative estimate of drug-likeness (QED) is 0.733. The Kier molecular flexibility index (Phi) is 3.24. The fourth-order valence-corrected chi connectivity index (χ4v) is 1.46. The lowest BCUT2D eigenvalue weighted by Gasteiger charge is -2.08. The van der Waals surface area contributed by atoms with Crippen molar-refractivity contribution in [1.29, 1.82) is 0 Å². The Labute approximate surface area is 107 Å². The molecule has 7 nitrogen and oxygen atoms in total. The minimum absolute atomic E-state index is 0.0450. The Morgan fingerprint density at radius 3 is 2.44 bits per heavy atom. The fourth-order valence-electron chi connectivity index (χ4n) is 1.34. The molecule has 0 unspecified atom stereocenters. The molecule has 0 bridgehead atoms. The van der Waals surface area contributed by atoms with Gasteiger partial charge in [0.25, 0.3) is 0 Å². The molecule has 0 aliphatic heterocycles. The van der Waals surface area contributed by atoms with Gasteiger partial charge in [-0.25, -0.2) is 0 Å². The third-order valence-electron chi connectivity index (χ3n) is 2.13. The van der Waals surface area contributed by atoms with Crippen LogP contribution in [0.1, 0.15) is 0 Å². The van der Waals surface area contributed by atoms with E-state index in [9.17, 15) is 4.91 Å². The summed E-state index contributed by atoms with van der Waals surface area (Å²) in [7, 11) is 0. The van der Waals surface area contributed by atoms with Crippen molar-refractivity contribution < 1.29 is 0 Å². The molecule has 2 aromatic rings. The Morgan fingerprint density at radius 1 is 1.17 bits per heavy atom. The van der Waals surface area contributed by atoms with E-state index in [-0.39, 0.29) is 23.3 Å². The molecular formula is C10H9ClN6O. The van der Waals surface area contributed by atoms with Crippen LogP contribution in [0.2, 0.25) is 5.02 Å². The van der Waals surface area contributed by atoms with Gasteiger partial charge in [-0.05, 0) is 29.4 Å². The number of aromatic nitrogens is 2. The predicted molar refractivity (Wildman–Crippen MR) is 71.0 cm³/mol. The number of nitrogens with one attached hydrogen (secondary N) is 1. The average Bonchev–Trinajstić information content (AvgIpc) is 2.32. The van der Waals surface area contributed by atoms with Crippen LogP contribution in [-0.2, 0) is 0 Å². The van der Waals surface area contributed by atoms with Gasteiger partial charge in [-0.15, -0.1) is 4.91 Å². The first kappa shape index (κ1) is 12.1. The highest BCUT2D eigenvalue weighted by Crippen LogP contribution is 2.31. The molecule has 18 heavy (non-hydrogen) atoms. The van der Waals surface area contributed by atoms with Crippen molar-refractivity contribution in [3.63, 3.8) is 0 Å². The van der Waals surface area contributed by atoms with Crippen molar-refractivity contribution in [3.8, 4) is 0 Å². The minimum Gasteiger partial charge on any atom is -0.382 e. The Hall–Kier alpha value is -2.41. The second-order valence-corrected chi connectivity index (χ2v) is 3.82. The summed E-state index contributed by atoms with van der Waals surface area (Å²) < 4.78 is 0. The van der Waals surface area contributed by atoms with E-state index < -0.39 is 0 Å². The van der Waals surface area contributed by atoms with Crippen molar-refractivity contribution in [2.45, 2.75) is 0 Å². The highest BCUT2D eigenvalue weighted by Gasteiger charge is 2.12. The third kappa shape index (κ3) is 2.46. The summed E-state index contributed by atoms with van der Waals surface area (Å²) in [5.74, 6) is 0.0302. The molecule has 92 valence electrons. The molecule has 0 aliphatic rings. The lowest BCUT2D eigenvalue weighted by Crippen LogP contribution is -2.04. The lowest BCUT2D eigenvalue weighted by molar-refractivity contribution is 1.18. The minimum atomic E-state index is -0.0841. The van der Waals surface area contributed by atoms with Crippen LogP contribution in [0.25, 0.3) is 0 Å². The average molecular weight is 265 g/mol. The standard InChI is InChI=1S/C10H9ClN6O/c11-5-1-3-6(4-2-5)14-9-7(17-18)8(12)15-10(13)16-9/h1-4H,(H5,12,13,14,15,16). The van der Waals surface area contributed by atoms with Crippen molar-refractivity contribution in [2.24, 2.45) is 5.18 Å². The van der Waals surface area contributed by atoms with E-state index in [4.69, 9.17) is 23.1 Å². The molecule has 0 radical (unpaired) electrons. The first-order valence-corrected chi connectivity index (χ1v) is 5.27. The van der Waals surface area contributed by atoms with Crippen LogP contribution in [0, 0.1) is 4.91 Å². The summed E-state index contributed by atoms with van der Waals surface area (Å²) in [5, 5.41) is 6.24. The van der Waals surface area contributed by atoms with Gasteiger partial charge in [0, 0.05) is 10.7 Å². The molecule has 8 heteroatoms. The van der Waals surface area contributed by atoms with Crippen LogP contribution in [0.3, 0.4) is 0 Å². The molecule has 0 aliphatic carbocycles. The smallest absolute Gasteiger partial charge is 0.224 e. The normalized spacial score (nSPS) is 10.1. The Balaban J connectivity index is 2.39. The number of hydrogen-bond donors (Lipinski definition) is 3. The van der Waals surface area contributed by atoms with Crippen molar-refractivity contribution in [3.05, 3.63) is 34.2 Å². The topological polar surface area (TPSA) is 119 Å². The predicted octanol–water partition coefficient (Wildman–Crippen LogP) is 2.44. The molecule has 0 saturated heterocycles.